The summed E-state index contributed by atoms with van der Waals surface area (Å²) in [7, 11) is 0. The Hall–Kier alpha value is -3.47. The summed E-state index contributed by atoms with van der Waals surface area (Å²) >= 11 is 0. The second kappa shape index (κ2) is 9.64. The van der Waals surface area contributed by atoms with Crippen molar-refractivity contribution in [3.63, 3.8) is 0 Å². The number of aromatic nitrogens is 1. The minimum Gasteiger partial charge on any atom is -0.346 e. The Labute approximate surface area is 171 Å². The second-order valence-electron chi connectivity index (χ2n) is 7.09. The summed E-state index contributed by atoms with van der Waals surface area (Å²) in [6.45, 7) is 4.91. The molecule has 0 aliphatic carbocycles. The molecule has 5 nitrogen and oxygen atoms in total. The number of carbonyl (C=O) groups excluding carboxylic acids is 2. The third-order valence-electron chi connectivity index (χ3n) is 4.63. The van der Waals surface area contributed by atoms with Crippen molar-refractivity contribution in [2.45, 2.75) is 33.0 Å². The van der Waals surface area contributed by atoms with Gasteiger partial charge in [0, 0.05) is 29.9 Å². The van der Waals surface area contributed by atoms with Gasteiger partial charge in [-0.25, -0.2) is 0 Å². The summed E-state index contributed by atoms with van der Waals surface area (Å²) in [5, 5.41) is 2.84. The largest absolute Gasteiger partial charge is 0.346 e. The van der Waals surface area contributed by atoms with Gasteiger partial charge in [-0.3, -0.25) is 14.6 Å². The molecule has 0 saturated carbocycles. The van der Waals surface area contributed by atoms with Crippen molar-refractivity contribution in [3.8, 4) is 0 Å². The molecule has 1 N–H and O–H groups in total. The molecule has 29 heavy (non-hydrogen) atoms. The van der Waals surface area contributed by atoms with Crippen LogP contribution >= 0.6 is 0 Å². The smallest absolute Gasteiger partial charge is 0.254 e. The van der Waals surface area contributed by atoms with Crippen molar-refractivity contribution in [1.82, 2.24) is 15.2 Å². The van der Waals surface area contributed by atoms with E-state index in [1.165, 1.54) is 0 Å². The summed E-state index contributed by atoms with van der Waals surface area (Å²) < 4.78 is 0. The lowest BCUT2D eigenvalue weighted by Gasteiger charge is -2.27. The van der Waals surface area contributed by atoms with Crippen molar-refractivity contribution in [2.24, 2.45) is 0 Å². The molecule has 0 unspecified atom stereocenters. The minimum atomic E-state index is -0.195. The molecule has 2 aromatic carbocycles. The summed E-state index contributed by atoms with van der Waals surface area (Å²) in [6.07, 6.45) is 1.69. The molecule has 2 amide bonds. The van der Waals surface area contributed by atoms with Crippen LogP contribution in [0.4, 0.5) is 0 Å². The number of rotatable bonds is 7. The fourth-order valence-electron chi connectivity index (χ4n) is 2.97. The molecule has 3 rings (SSSR count). The molecule has 0 radical (unpaired) electrons. The molecule has 1 heterocycles. The van der Waals surface area contributed by atoms with Gasteiger partial charge < -0.3 is 10.2 Å². The number of carbonyl (C=O) groups is 2. The Balaban J connectivity index is 1.66. The van der Waals surface area contributed by atoms with E-state index in [2.05, 4.69) is 10.3 Å². The van der Waals surface area contributed by atoms with Gasteiger partial charge in [0.2, 0.25) is 0 Å². The molecule has 0 atom stereocenters. The van der Waals surface area contributed by atoms with Crippen molar-refractivity contribution in [2.75, 3.05) is 0 Å². The van der Waals surface area contributed by atoms with E-state index in [9.17, 15) is 9.59 Å². The van der Waals surface area contributed by atoms with Gasteiger partial charge in [-0.05, 0) is 55.8 Å². The number of pyridine rings is 1. The topological polar surface area (TPSA) is 62.3 Å². The first-order valence-electron chi connectivity index (χ1n) is 9.67. The SMILES string of the molecule is CC(C)N(Cc1ccccc1)C(=O)c1ccc(C(=O)NCc2ccccn2)cc1. The normalized spacial score (nSPS) is 10.6. The standard InChI is InChI=1S/C24H25N3O2/c1-18(2)27(17-19-8-4-3-5-9-19)24(29)21-13-11-20(12-14-21)23(28)26-16-22-10-6-7-15-25-22/h3-15,18H,16-17H2,1-2H3,(H,26,28). The van der Waals surface area contributed by atoms with Gasteiger partial charge in [-0.2, -0.15) is 0 Å². The summed E-state index contributed by atoms with van der Waals surface area (Å²) in [5.74, 6) is -0.246. The van der Waals surface area contributed by atoms with E-state index in [4.69, 9.17) is 0 Å². The van der Waals surface area contributed by atoms with Crippen LogP contribution in [0.5, 0.6) is 0 Å². The van der Waals surface area contributed by atoms with Gasteiger partial charge in [0.1, 0.15) is 0 Å². The molecule has 1 aromatic heterocycles. The lowest BCUT2D eigenvalue weighted by atomic mass is 10.1. The van der Waals surface area contributed by atoms with E-state index in [1.807, 2.05) is 67.3 Å². The summed E-state index contributed by atoms with van der Waals surface area (Å²) in [6, 6.07) is 22.3. The van der Waals surface area contributed by atoms with E-state index in [0.717, 1.165) is 11.3 Å². The third-order valence-corrected chi connectivity index (χ3v) is 4.63. The van der Waals surface area contributed by atoms with Gasteiger partial charge in [-0.15, -0.1) is 0 Å². The van der Waals surface area contributed by atoms with Gasteiger partial charge in [0.25, 0.3) is 11.8 Å². The van der Waals surface area contributed by atoms with Crippen LogP contribution in [0.15, 0.2) is 79.0 Å². The predicted octanol–water partition coefficient (Wildman–Crippen LogP) is 4.06. The Morgan fingerprint density at radius 2 is 1.55 bits per heavy atom. The highest BCUT2D eigenvalue weighted by Crippen LogP contribution is 2.14. The number of nitrogens with one attached hydrogen (secondary N) is 1. The van der Waals surface area contributed by atoms with Crippen LogP contribution in [0.25, 0.3) is 0 Å². The van der Waals surface area contributed by atoms with E-state index >= 15 is 0 Å². The quantitative estimate of drug-likeness (QED) is 0.665. The first kappa shape index (κ1) is 20.3. The zero-order chi connectivity index (χ0) is 20.6. The maximum atomic E-state index is 13.0. The molecule has 0 aliphatic heterocycles. The van der Waals surface area contributed by atoms with Crippen molar-refractivity contribution >= 4 is 11.8 Å². The summed E-state index contributed by atoms with van der Waals surface area (Å²) in [5.41, 5.74) is 2.95. The average molecular weight is 387 g/mol. The van der Waals surface area contributed by atoms with Crippen LogP contribution in [0.1, 0.15) is 45.8 Å². The van der Waals surface area contributed by atoms with Crippen LogP contribution in [-0.4, -0.2) is 27.7 Å². The van der Waals surface area contributed by atoms with Crippen LogP contribution in [0.2, 0.25) is 0 Å². The van der Waals surface area contributed by atoms with E-state index < -0.39 is 0 Å². The zero-order valence-electron chi connectivity index (χ0n) is 16.7. The molecule has 0 saturated heterocycles. The Morgan fingerprint density at radius 1 is 0.897 bits per heavy atom. The van der Waals surface area contributed by atoms with Gasteiger partial charge in [-0.1, -0.05) is 36.4 Å². The molecule has 3 aromatic rings. The molecule has 0 spiro atoms. The average Bonchev–Trinajstić information content (AvgIpc) is 2.76. The lowest BCUT2D eigenvalue weighted by Crippen LogP contribution is -2.36. The third kappa shape index (κ3) is 5.51. The predicted molar refractivity (Wildman–Crippen MR) is 113 cm³/mol. The summed E-state index contributed by atoms with van der Waals surface area (Å²) in [4.78, 5) is 31.4. The molecule has 0 aliphatic rings. The molecule has 5 heteroatoms. The Kier molecular flexibility index (Phi) is 6.74. The first-order chi connectivity index (χ1) is 14.0. The van der Waals surface area contributed by atoms with E-state index in [0.29, 0.717) is 24.2 Å². The van der Waals surface area contributed by atoms with Crippen molar-refractivity contribution in [3.05, 3.63) is 101 Å². The maximum Gasteiger partial charge on any atom is 0.254 e. The molecule has 0 bridgehead atoms. The van der Waals surface area contributed by atoms with Crippen LogP contribution < -0.4 is 5.32 Å². The molecule has 148 valence electrons. The van der Waals surface area contributed by atoms with Crippen molar-refractivity contribution < 1.29 is 9.59 Å². The van der Waals surface area contributed by atoms with Crippen LogP contribution in [0.3, 0.4) is 0 Å². The number of amides is 2. The monoisotopic (exact) mass is 387 g/mol. The lowest BCUT2D eigenvalue weighted by molar-refractivity contribution is 0.0690. The first-order valence-corrected chi connectivity index (χ1v) is 9.67. The van der Waals surface area contributed by atoms with Crippen LogP contribution in [-0.2, 0) is 13.1 Å². The highest BCUT2D eigenvalue weighted by molar-refractivity contribution is 5.97. The number of hydrogen-bond acceptors (Lipinski definition) is 3. The Morgan fingerprint density at radius 3 is 2.17 bits per heavy atom. The minimum absolute atomic E-state index is 0.0516. The number of hydrogen-bond donors (Lipinski definition) is 1. The molecule has 0 fully saturated rings. The fourth-order valence-corrected chi connectivity index (χ4v) is 2.97. The Bertz CT molecular complexity index is 939. The van der Waals surface area contributed by atoms with Gasteiger partial charge in [0.05, 0.1) is 12.2 Å². The van der Waals surface area contributed by atoms with Gasteiger partial charge >= 0.3 is 0 Å². The van der Waals surface area contributed by atoms with Gasteiger partial charge in [0.15, 0.2) is 0 Å². The van der Waals surface area contributed by atoms with Crippen molar-refractivity contribution in [1.29, 1.82) is 0 Å². The highest BCUT2D eigenvalue weighted by atomic mass is 16.2. The second-order valence-corrected chi connectivity index (χ2v) is 7.09. The van der Waals surface area contributed by atoms with Crippen LogP contribution in [0, 0.1) is 0 Å². The highest BCUT2D eigenvalue weighted by Gasteiger charge is 2.19. The fraction of sp³-hybridized carbons (Fsp3) is 0.208. The molecular formula is C24H25N3O2. The van der Waals surface area contributed by atoms with E-state index in [-0.39, 0.29) is 17.9 Å². The zero-order valence-corrected chi connectivity index (χ0v) is 16.7. The van der Waals surface area contributed by atoms with E-state index in [1.54, 1.807) is 30.5 Å². The number of nitrogens with zero attached hydrogens (tertiary/aromatic N) is 2. The maximum absolute atomic E-state index is 13.0. The number of benzene rings is 2. The molecular weight excluding hydrogens is 362 g/mol.